The number of carbonyl (C=O) groups excluding carboxylic acids is 1. The van der Waals surface area contributed by atoms with E-state index in [-0.39, 0.29) is 5.41 Å². The summed E-state index contributed by atoms with van der Waals surface area (Å²) < 4.78 is 26.9. The fourth-order valence-electron chi connectivity index (χ4n) is 4.99. The fourth-order valence-corrected chi connectivity index (χ4v) is 6.14. The number of nitrogens with one attached hydrogen (secondary N) is 2. The van der Waals surface area contributed by atoms with E-state index < -0.39 is 13.2 Å². The van der Waals surface area contributed by atoms with E-state index in [1.807, 2.05) is 80.0 Å². The van der Waals surface area contributed by atoms with Gasteiger partial charge in [0.2, 0.25) is 0 Å². The van der Waals surface area contributed by atoms with Crippen molar-refractivity contribution in [1.29, 1.82) is 0 Å². The van der Waals surface area contributed by atoms with Crippen molar-refractivity contribution in [2.45, 2.75) is 32.6 Å². The third-order valence-corrected chi connectivity index (χ3v) is 8.74. The molecule has 2 aromatic heterocycles. The lowest BCUT2D eigenvalue weighted by molar-refractivity contribution is 0.262. The van der Waals surface area contributed by atoms with Crippen molar-refractivity contribution in [3.8, 4) is 17.2 Å². The molecule has 0 radical (unpaired) electrons. The molecule has 0 saturated heterocycles. The Kier molecular flexibility index (Phi) is 8.53. The van der Waals surface area contributed by atoms with Crippen LogP contribution in [0.25, 0.3) is 10.8 Å². The van der Waals surface area contributed by atoms with Crippen molar-refractivity contribution in [3.05, 3.63) is 96.1 Å². The Labute approximate surface area is 258 Å². The number of aromatic nitrogens is 3. The first-order valence-electron chi connectivity index (χ1n) is 14.3. The predicted octanol–water partition coefficient (Wildman–Crippen LogP) is 7.55. The van der Waals surface area contributed by atoms with E-state index in [2.05, 4.69) is 41.5 Å². The van der Waals surface area contributed by atoms with Crippen LogP contribution < -0.4 is 25.4 Å². The highest BCUT2D eigenvalue weighted by Gasteiger charge is 2.26. The number of methoxy groups -OCH3 is 1. The predicted molar refractivity (Wildman–Crippen MR) is 178 cm³/mol. The zero-order valence-corrected chi connectivity index (χ0v) is 27.0. The van der Waals surface area contributed by atoms with E-state index in [1.165, 1.54) is 7.11 Å². The lowest BCUT2D eigenvalue weighted by Crippen LogP contribution is -2.23. The van der Waals surface area contributed by atoms with Gasteiger partial charge in [0.1, 0.15) is 18.6 Å². The minimum atomic E-state index is -2.71. The van der Waals surface area contributed by atoms with Crippen molar-refractivity contribution in [2.24, 2.45) is 7.05 Å². The Balaban J connectivity index is 1.41. The summed E-state index contributed by atoms with van der Waals surface area (Å²) in [6, 6.07) is 20.4. The summed E-state index contributed by atoms with van der Waals surface area (Å²) in [6.45, 7) is 9.61. The highest BCUT2D eigenvalue weighted by molar-refractivity contribution is 7.70. The molecule has 228 valence electrons. The average Bonchev–Trinajstić information content (AvgIpc) is 3.37. The van der Waals surface area contributed by atoms with E-state index in [4.69, 9.17) is 9.47 Å². The first kappa shape index (κ1) is 30.8. The number of benzene rings is 3. The summed E-state index contributed by atoms with van der Waals surface area (Å²) in [5.74, 6) is 1.70. The molecule has 3 aromatic carbocycles. The quantitative estimate of drug-likeness (QED) is 0.176. The van der Waals surface area contributed by atoms with Crippen LogP contribution in [0.1, 0.15) is 37.7 Å². The smallest absolute Gasteiger partial charge is 0.323 e. The lowest BCUT2D eigenvalue weighted by atomic mass is 9.86. The van der Waals surface area contributed by atoms with Gasteiger partial charge in [-0.15, -0.1) is 0 Å². The van der Waals surface area contributed by atoms with E-state index in [1.54, 1.807) is 24.2 Å². The minimum Gasteiger partial charge on any atom is -0.494 e. The Hall–Kier alpha value is -4.62. The fraction of sp³-hybridized carbons (Fsp3) is 0.265. The summed E-state index contributed by atoms with van der Waals surface area (Å²) in [7, 11) is 0.694. The first-order chi connectivity index (χ1) is 20.8. The van der Waals surface area contributed by atoms with Gasteiger partial charge in [-0.25, -0.2) is 4.79 Å². The number of hydrogen-bond donors (Lipinski definition) is 2. The Morgan fingerprint density at radius 3 is 2.32 bits per heavy atom. The standard InChI is InChI=1S/C34H38N5O4P/c1-34(2,3)22-18-29(32(42-5)31(19-22)44(6,7)41)37-33(40)36-28-12-13-30(27-11-9-8-10-26(27)28)43-25-14-16-35-24(21-25)20-23-15-17-39(4)38-23/h8-19,21H,20H2,1-7H3,(H2,36,37,40). The summed E-state index contributed by atoms with van der Waals surface area (Å²) in [4.78, 5) is 17.9. The van der Waals surface area contributed by atoms with Gasteiger partial charge in [-0.3, -0.25) is 9.67 Å². The topological polar surface area (TPSA) is 107 Å². The largest absolute Gasteiger partial charge is 0.494 e. The molecule has 0 fully saturated rings. The van der Waals surface area contributed by atoms with Crippen molar-refractivity contribution in [3.63, 3.8) is 0 Å². The van der Waals surface area contributed by atoms with Crippen molar-refractivity contribution < 1.29 is 18.8 Å². The Morgan fingerprint density at radius 1 is 0.932 bits per heavy atom. The first-order valence-corrected chi connectivity index (χ1v) is 16.9. The van der Waals surface area contributed by atoms with Crippen LogP contribution in [0, 0.1) is 0 Å². The number of carbonyl (C=O) groups is 1. The monoisotopic (exact) mass is 611 g/mol. The second-order valence-electron chi connectivity index (χ2n) is 12.2. The highest BCUT2D eigenvalue weighted by atomic mass is 31.2. The van der Waals surface area contributed by atoms with Crippen LogP contribution in [0.15, 0.2) is 79.1 Å². The van der Waals surface area contributed by atoms with Gasteiger partial charge in [0.15, 0.2) is 5.75 Å². The molecule has 5 rings (SSSR count). The summed E-state index contributed by atoms with van der Waals surface area (Å²) in [6.07, 6.45) is 4.22. The molecule has 0 unspecified atom stereocenters. The van der Waals surface area contributed by atoms with Gasteiger partial charge >= 0.3 is 6.03 Å². The molecule has 2 N–H and O–H groups in total. The molecule has 2 amide bonds. The molecular formula is C34H38N5O4P. The van der Waals surface area contributed by atoms with Crippen molar-refractivity contribution >= 4 is 40.6 Å². The molecule has 0 aliphatic carbocycles. The molecule has 5 aromatic rings. The van der Waals surface area contributed by atoms with Crippen LogP contribution in [0.2, 0.25) is 0 Å². The second-order valence-corrected chi connectivity index (χ2v) is 15.3. The zero-order chi connectivity index (χ0) is 31.6. The van der Waals surface area contributed by atoms with Crippen LogP contribution in [-0.2, 0) is 23.4 Å². The molecule has 44 heavy (non-hydrogen) atoms. The number of urea groups is 1. The van der Waals surface area contributed by atoms with E-state index in [0.717, 1.165) is 27.7 Å². The van der Waals surface area contributed by atoms with Gasteiger partial charge in [-0.05, 0) is 60.7 Å². The number of rotatable bonds is 8. The minimum absolute atomic E-state index is 0.233. The molecule has 0 saturated carbocycles. The van der Waals surface area contributed by atoms with Gasteiger partial charge in [0.05, 0.1) is 35.2 Å². The number of aryl methyl sites for hydroxylation is 1. The molecule has 0 aliphatic rings. The SMILES string of the molecule is COc1c(NC(=O)Nc2ccc(Oc3ccnc(Cc4ccn(C)n4)c3)c3ccccc23)cc(C(C)(C)C)cc1P(C)(C)=O. The zero-order valence-electron chi connectivity index (χ0n) is 26.1. The van der Waals surface area contributed by atoms with Gasteiger partial charge in [0, 0.05) is 42.7 Å². The number of fused-ring (bicyclic) bond motifs is 1. The molecule has 0 aliphatic heterocycles. The maximum atomic E-state index is 13.4. The third-order valence-electron chi connectivity index (χ3n) is 7.25. The van der Waals surface area contributed by atoms with E-state index >= 15 is 0 Å². The van der Waals surface area contributed by atoms with E-state index in [0.29, 0.717) is 40.3 Å². The van der Waals surface area contributed by atoms with Gasteiger partial charge in [-0.2, -0.15) is 5.10 Å². The van der Waals surface area contributed by atoms with Gasteiger partial charge in [0.25, 0.3) is 0 Å². The molecule has 0 atom stereocenters. The van der Waals surface area contributed by atoms with E-state index in [9.17, 15) is 9.36 Å². The summed E-state index contributed by atoms with van der Waals surface area (Å²) >= 11 is 0. The molecule has 2 heterocycles. The third kappa shape index (κ3) is 6.95. The Bertz CT molecular complexity index is 1890. The number of amides is 2. The lowest BCUT2D eigenvalue weighted by Gasteiger charge is -2.25. The normalized spacial score (nSPS) is 11.8. The summed E-state index contributed by atoms with van der Waals surface area (Å²) in [5, 5.41) is 12.6. The van der Waals surface area contributed by atoms with Gasteiger partial charge in [-0.1, -0.05) is 45.0 Å². The second kappa shape index (κ2) is 12.2. The molecular weight excluding hydrogens is 573 g/mol. The molecule has 9 nitrogen and oxygen atoms in total. The Morgan fingerprint density at radius 2 is 1.66 bits per heavy atom. The number of pyridine rings is 1. The number of ether oxygens (including phenoxy) is 2. The summed E-state index contributed by atoms with van der Waals surface area (Å²) in [5.41, 5.74) is 3.55. The van der Waals surface area contributed by atoms with Crippen LogP contribution in [-0.4, -0.2) is 41.2 Å². The molecule has 0 bridgehead atoms. The molecule has 0 spiro atoms. The van der Waals surface area contributed by atoms with Gasteiger partial charge < -0.3 is 24.7 Å². The molecule has 10 heteroatoms. The van der Waals surface area contributed by atoms with Crippen LogP contribution in [0.3, 0.4) is 0 Å². The number of nitrogens with zero attached hydrogens (tertiary/aromatic N) is 3. The maximum Gasteiger partial charge on any atom is 0.323 e. The number of hydrogen-bond acceptors (Lipinski definition) is 6. The highest BCUT2D eigenvalue weighted by Crippen LogP contribution is 2.43. The maximum absolute atomic E-state index is 13.4. The van der Waals surface area contributed by atoms with Crippen molar-refractivity contribution in [1.82, 2.24) is 14.8 Å². The van der Waals surface area contributed by atoms with Crippen molar-refractivity contribution in [2.75, 3.05) is 31.1 Å². The van der Waals surface area contributed by atoms with Crippen LogP contribution in [0.5, 0.6) is 17.2 Å². The number of anilines is 2. The van der Waals surface area contributed by atoms with Crippen LogP contribution >= 0.6 is 7.14 Å². The van der Waals surface area contributed by atoms with Crippen LogP contribution in [0.4, 0.5) is 16.2 Å². The average molecular weight is 612 g/mol.